The summed E-state index contributed by atoms with van der Waals surface area (Å²) in [6.07, 6.45) is 6.86. The molecule has 16 heavy (non-hydrogen) atoms. The lowest BCUT2D eigenvalue weighted by atomic mass is 9.94. The van der Waals surface area contributed by atoms with E-state index in [1.807, 2.05) is 7.05 Å². The highest BCUT2D eigenvalue weighted by molar-refractivity contribution is 7.15. The fraction of sp³-hybridized carbons (Fsp3) is 0.818. The molecule has 0 amide bonds. The lowest BCUT2D eigenvalue weighted by Crippen LogP contribution is -2.32. The Hall–Kier alpha value is -0.680. The van der Waals surface area contributed by atoms with Gasteiger partial charge in [-0.05, 0) is 19.9 Å². The third kappa shape index (κ3) is 2.92. The quantitative estimate of drug-likeness (QED) is 0.877. The van der Waals surface area contributed by atoms with Crippen LogP contribution >= 0.6 is 11.3 Å². The number of nitrogens with one attached hydrogen (secondary N) is 1. The van der Waals surface area contributed by atoms with E-state index in [4.69, 9.17) is 0 Å². The number of nitrogens with zero attached hydrogens (tertiary/aromatic N) is 3. The lowest BCUT2D eigenvalue weighted by Gasteiger charge is -2.30. The summed E-state index contributed by atoms with van der Waals surface area (Å²) >= 11 is 1.65. The van der Waals surface area contributed by atoms with Gasteiger partial charge in [-0.3, -0.25) is 4.90 Å². The van der Waals surface area contributed by atoms with Gasteiger partial charge in [0.2, 0.25) is 5.13 Å². The van der Waals surface area contributed by atoms with Gasteiger partial charge in [-0.1, -0.05) is 30.6 Å². The van der Waals surface area contributed by atoms with Crippen LogP contribution in [0, 0.1) is 0 Å². The van der Waals surface area contributed by atoms with Crippen molar-refractivity contribution >= 4 is 16.5 Å². The fourth-order valence-electron chi connectivity index (χ4n) is 2.28. The molecule has 0 spiro atoms. The zero-order valence-corrected chi connectivity index (χ0v) is 10.9. The maximum atomic E-state index is 4.19. The molecule has 0 saturated heterocycles. The van der Waals surface area contributed by atoms with Crippen LogP contribution in [0.15, 0.2) is 0 Å². The van der Waals surface area contributed by atoms with Crippen molar-refractivity contribution in [3.05, 3.63) is 5.01 Å². The normalized spacial score (nSPS) is 17.9. The van der Waals surface area contributed by atoms with Crippen LogP contribution in [0.4, 0.5) is 5.13 Å². The molecule has 1 aromatic heterocycles. The lowest BCUT2D eigenvalue weighted by molar-refractivity contribution is 0.184. The molecule has 4 nitrogen and oxygen atoms in total. The van der Waals surface area contributed by atoms with Crippen molar-refractivity contribution in [3.63, 3.8) is 0 Å². The van der Waals surface area contributed by atoms with Crippen LogP contribution in [0.5, 0.6) is 0 Å². The van der Waals surface area contributed by atoms with Crippen molar-refractivity contribution in [1.82, 2.24) is 15.1 Å². The highest BCUT2D eigenvalue weighted by Crippen LogP contribution is 2.24. The standard InChI is InChI=1S/C11H20N4S/c1-12-11-14-13-10(16-11)8-15(2)9-6-4-3-5-7-9/h9H,3-8H2,1-2H3,(H,12,14). The van der Waals surface area contributed by atoms with Crippen molar-refractivity contribution < 1.29 is 0 Å². The number of anilines is 1. The third-order valence-corrected chi connectivity index (χ3v) is 4.19. The summed E-state index contributed by atoms with van der Waals surface area (Å²) in [5, 5.41) is 13.3. The van der Waals surface area contributed by atoms with Crippen molar-refractivity contribution in [2.75, 3.05) is 19.4 Å². The van der Waals surface area contributed by atoms with Crippen LogP contribution in [0.3, 0.4) is 0 Å². The second-order valence-electron chi connectivity index (χ2n) is 4.46. The van der Waals surface area contributed by atoms with Gasteiger partial charge in [-0.15, -0.1) is 10.2 Å². The van der Waals surface area contributed by atoms with E-state index < -0.39 is 0 Å². The number of aromatic nitrogens is 2. The maximum Gasteiger partial charge on any atom is 0.205 e. The summed E-state index contributed by atoms with van der Waals surface area (Å²) in [5.74, 6) is 0. The summed E-state index contributed by atoms with van der Waals surface area (Å²) in [4.78, 5) is 2.43. The molecular formula is C11H20N4S. The van der Waals surface area contributed by atoms with E-state index in [0.29, 0.717) is 0 Å². The number of hydrogen-bond acceptors (Lipinski definition) is 5. The van der Waals surface area contributed by atoms with Crippen LogP contribution in [-0.2, 0) is 6.54 Å². The van der Waals surface area contributed by atoms with Crippen LogP contribution < -0.4 is 5.32 Å². The topological polar surface area (TPSA) is 41.1 Å². The summed E-state index contributed by atoms with van der Waals surface area (Å²) in [6, 6.07) is 0.746. The molecule has 1 aliphatic rings. The second-order valence-corrected chi connectivity index (χ2v) is 5.52. The number of rotatable bonds is 4. The average Bonchev–Trinajstić information content (AvgIpc) is 2.78. The van der Waals surface area contributed by atoms with E-state index >= 15 is 0 Å². The van der Waals surface area contributed by atoms with Gasteiger partial charge >= 0.3 is 0 Å². The first-order valence-corrected chi connectivity index (χ1v) is 6.81. The molecule has 5 heteroatoms. The summed E-state index contributed by atoms with van der Waals surface area (Å²) in [5.41, 5.74) is 0. The van der Waals surface area contributed by atoms with Crippen LogP contribution in [0.25, 0.3) is 0 Å². The molecule has 0 aliphatic heterocycles. The van der Waals surface area contributed by atoms with Crippen molar-refractivity contribution in [1.29, 1.82) is 0 Å². The van der Waals surface area contributed by atoms with Gasteiger partial charge < -0.3 is 5.32 Å². The first kappa shape index (κ1) is 11.8. The molecule has 1 N–H and O–H groups in total. The molecule has 1 aromatic rings. The Morgan fingerprint density at radius 3 is 2.69 bits per heavy atom. The fourth-order valence-corrected chi connectivity index (χ4v) is 3.04. The molecular weight excluding hydrogens is 220 g/mol. The molecule has 1 aliphatic carbocycles. The highest BCUT2D eigenvalue weighted by Gasteiger charge is 2.19. The van der Waals surface area contributed by atoms with Gasteiger partial charge in [0.25, 0.3) is 0 Å². The zero-order chi connectivity index (χ0) is 11.4. The molecule has 1 fully saturated rings. The van der Waals surface area contributed by atoms with Gasteiger partial charge in [0.1, 0.15) is 5.01 Å². The SMILES string of the molecule is CNc1nnc(CN(C)C2CCCCC2)s1. The molecule has 0 aromatic carbocycles. The minimum Gasteiger partial charge on any atom is -0.363 e. The van der Waals surface area contributed by atoms with Crippen LogP contribution in [0.1, 0.15) is 37.1 Å². The monoisotopic (exact) mass is 240 g/mol. The Bertz CT molecular complexity index is 320. The molecule has 0 radical (unpaired) electrons. The summed E-state index contributed by atoms with van der Waals surface area (Å²) < 4.78 is 0. The first-order valence-electron chi connectivity index (χ1n) is 6.00. The van der Waals surface area contributed by atoms with Gasteiger partial charge in [-0.2, -0.15) is 0 Å². The Kier molecular flexibility index (Phi) is 4.12. The Balaban J connectivity index is 1.87. The Labute approximate surface area is 101 Å². The average molecular weight is 240 g/mol. The first-order chi connectivity index (χ1) is 7.79. The van der Waals surface area contributed by atoms with Crippen molar-refractivity contribution in [2.45, 2.75) is 44.7 Å². The second kappa shape index (κ2) is 5.59. The third-order valence-electron chi connectivity index (χ3n) is 3.26. The molecule has 1 saturated carbocycles. The largest absolute Gasteiger partial charge is 0.363 e. The van der Waals surface area contributed by atoms with Gasteiger partial charge in [0.05, 0.1) is 6.54 Å². The summed E-state index contributed by atoms with van der Waals surface area (Å²) in [7, 11) is 4.09. The van der Waals surface area contributed by atoms with Gasteiger partial charge in [0.15, 0.2) is 0 Å². The molecule has 90 valence electrons. The maximum absolute atomic E-state index is 4.19. The molecule has 0 bridgehead atoms. The Morgan fingerprint density at radius 1 is 1.31 bits per heavy atom. The van der Waals surface area contributed by atoms with E-state index in [1.165, 1.54) is 32.1 Å². The summed E-state index contributed by atoms with van der Waals surface area (Å²) in [6.45, 7) is 0.935. The van der Waals surface area contributed by atoms with Crippen LogP contribution in [0.2, 0.25) is 0 Å². The number of hydrogen-bond donors (Lipinski definition) is 1. The predicted octanol–water partition coefficient (Wildman–Crippen LogP) is 2.34. The Morgan fingerprint density at radius 2 is 2.06 bits per heavy atom. The van der Waals surface area contributed by atoms with E-state index in [1.54, 1.807) is 11.3 Å². The zero-order valence-electron chi connectivity index (χ0n) is 10.1. The van der Waals surface area contributed by atoms with Gasteiger partial charge in [-0.25, -0.2) is 0 Å². The molecule has 0 unspecified atom stereocenters. The smallest absolute Gasteiger partial charge is 0.205 e. The van der Waals surface area contributed by atoms with E-state index in [0.717, 1.165) is 22.7 Å². The van der Waals surface area contributed by atoms with Crippen LogP contribution in [-0.4, -0.2) is 35.2 Å². The van der Waals surface area contributed by atoms with E-state index in [9.17, 15) is 0 Å². The van der Waals surface area contributed by atoms with E-state index in [-0.39, 0.29) is 0 Å². The molecule has 2 rings (SSSR count). The predicted molar refractivity (Wildman–Crippen MR) is 67.8 cm³/mol. The van der Waals surface area contributed by atoms with Gasteiger partial charge in [0, 0.05) is 13.1 Å². The molecule has 0 atom stereocenters. The minimum absolute atomic E-state index is 0.746. The van der Waals surface area contributed by atoms with E-state index in [2.05, 4.69) is 27.5 Å². The molecule has 1 heterocycles. The van der Waals surface area contributed by atoms with Crippen molar-refractivity contribution in [2.24, 2.45) is 0 Å². The van der Waals surface area contributed by atoms with Crippen molar-refractivity contribution in [3.8, 4) is 0 Å². The minimum atomic E-state index is 0.746. The highest BCUT2D eigenvalue weighted by atomic mass is 32.1.